The van der Waals surface area contributed by atoms with Gasteiger partial charge in [-0.15, -0.1) is 6.42 Å². The van der Waals surface area contributed by atoms with E-state index in [2.05, 4.69) is 5.92 Å². The van der Waals surface area contributed by atoms with Gasteiger partial charge >= 0.3 is 6.09 Å². The summed E-state index contributed by atoms with van der Waals surface area (Å²) in [6.07, 6.45) is 4.86. The Labute approximate surface area is 129 Å². The van der Waals surface area contributed by atoms with Crippen molar-refractivity contribution in [2.75, 3.05) is 26.2 Å². The van der Waals surface area contributed by atoms with E-state index in [0.29, 0.717) is 38.0 Å². The molecule has 22 heavy (non-hydrogen) atoms. The largest absolute Gasteiger partial charge is 0.445 e. The quantitative estimate of drug-likeness (QED) is 0.774. The van der Waals surface area contributed by atoms with Crippen molar-refractivity contribution in [2.45, 2.75) is 6.61 Å². The molecular formula is C17H18N2O3. The molecule has 2 aliphatic rings. The standard InChI is InChI=1S/C17H18N2O3/c1-2-16(20)18-8-14-10-19(11-15(14)9-18)17(21)22-12-13-6-4-3-5-7-13/h1,3-7,14-15H,8-12H2/t14-,15+. The topological polar surface area (TPSA) is 49.9 Å². The number of rotatable bonds is 2. The van der Waals surface area contributed by atoms with E-state index in [1.54, 1.807) is 9.80 Å². The molecule has 1 aromatic rings. The average Bonchev–Trinajstić information content (AvgIpc) is 3.11. The molecule has 1 aromatic carbocycles. The third-order valence-corrected chi connectivity index (χ3v) is 4.36. The van der Waals surface area contributed by atoms with E-state index >= 15 is 0 Å². The van der Waals surface area contributed by atoms with Gasteiger partial charge in [0.25, 0.3) is 5.91 Å². The summed E-state index contributed by atoms with van der Waals surface area (Å²) < 4.78 is 5.35. The number of amides is 2. The van der Waals surface area contributed by atoms with E-state index in [1.807, 2.05) is 30.3 Å². The average molecular weight is 298 g/mol. The number of hydrogen-bond acceptors (Lipinski definition) is 3. The predicted octanol–water partition coefficient (Wildman–Crippen LogP) is 1.35. The first-order valence-electron chi connectivity index (χ1n) is 7.38. The van der Waals surface area contributed by atoms with Crippen molar-refractivity contribution in [1.29, 1.82) is 0 Å². The second-order valence-electron chi connectivity index (χ2n) is 5.82. The summed E-state index contributed by atoms with van der Waals surface area (Å²) >= 11 is 0. The molecule has 0 radical (unpaired) electrons. The van der Waals surface area contributed by atoms with Gasteiger partial charge in [-0.2, -0.15) is 0 Å². The molecule has 0 N–H and O–H groups in total. The number of fused-ring (bicyclic) bond motifs is 1. The van der Waals surface area contributed by atoms with Crippen LogP contribution >= 0.6 is 0 Å². The summed E-state index contributed by atoms with van der Waals surface area (Å²) in [7, 11) is 0. The Bertz CT molecular complexity index is 594. The van der Waals surface area contributed by atoms with Gasteiger partial charge in [-0.25, -0.2) is 4.79 Å². The van der Waals surface area contributed by atoms with Crippen molar-refractivity contribution in [3.8, 4) is 12.3 Å². The van der Waals surface area contributed by atoms with Crippen LogP contribution in [0, 0.1) is 24.2 Å². The Kier molecular flexibility index (Phi) is 4.01. The lowest BCUT2D eigenvalue weighted by molar-refractivity contribution is -0.124. The van der Waals surface area contributed by atoms with Crippen LogP contribution in [0.25, 0.3) is 0 Å². The molecule has 0 saturated carbocycles. The van der Waals surface area contributed by atoms with Gasteiger partial charge in [0.1, 0.15) is 6.61 Å². The molecule has 0 aromatic heterocycles. The summed E-state index contributed by atoms with van der Waals surface area (Å²) in [4.78, 5) is 27.0. The van der Waals surface area contributed by atoms with Crippen LogP contribution in [0.4, 0.5) is 4.79 Å². The van der Waals surface area contributed by atoms with Gasteiger partial charge in [0, 0.05) is 38.0 Å². The number of nitrogens with zero attached hydrogens (tertiary/aromatic N) is 2. The van der Waals surface area contributed by atoms with Gasteiger partial charge < -0.3 is 14.5 Å². The molecule has 2 heterocycles. The van der Waals surface area contributed by atoms with Crippen molar-refractivity contribution in [3.63, 3.8) is 0 Å². The summed E-state index contributed by atoms with van der Waals surface area (Å²) in [5.41, 5.74) is 0.973. The van der Waals surface area contributed by atoms with Crippen LogP contribution in [0.5, 0.6) is 0 Å². The fraction of sp³-hybridized carbons (Fsp3) is 0.412. The Morgan fingerprint density at radius 1 is 1.09 bits per heavy atom. The number of likely N-dealkylation sites (tertiary alicyclic amines) is 2. The molecule has 2 amide bonds. The summed E-state index contributed by atoms with van der Waals surface area (Å²) in [5, 5.41) is 0. The molecule has 3 rings (SSSR count). The van der Waals surface area contributed by atoms with Crippen LogP contribution in [0.2, 0.25) is 0 Å². The van der Waals surface area contributed by atoms with Crippen molar-refractivity contribution in [3.05, 3.63) is 35.9 Å². The lowest BCUT2D eigenvalue weighted by atomic mass is 10.0. The molecule has 114 valence electrons. The number of ether oxygens (including phenoxy) is 1. The zero-order valence-electron chi connectivity index (χ0n) is 12.3. The lowest BCUT2D eigenvalue weighted by Crippen LogP contribution is -2.35. The van der Waals surface area contributed by atoms with Crippen LogP contribution in [0.15, 0.2) is 30.3 Å². The summed E-state index contributed by atoms with van der Waals surface area (Å²) in [5.74, 6) is 2.51. The number of hydrogen-bond donors (Lipinski definition) is 0. The van der Waals surface area contributed by atoms with Crippen LogP contribution < -0.4 is 0 Å². The number of carbonyl (C=O) groups excluding carboxylic acids is 2. The maximum Gasteiger partial charge on any atom is 0.410 e. The first-order chi connectivity index (χ1) is 10.7. The van der Waals surface area contributed by atoms with E-state index in [0.717, 1.165) is 5.56 Å². The molecular weight excluding hydrogens is 280 g/mol. The molecule has 2 fully saturated rings. The molecule has 5 nitrogen and oxygen atoms in total. The minimum atomic E-state index is -0.284. The summed E-state index contributed by atoms with van der Waals surface area (Å²) in [6, 6.07) is 9.61. The van der Waals surface area contributed by atoms with Crippen molar-refractivity contribution in [2.24, 2.45) is 11.8 Å². The normalized spacial score (nSPS) is 23.0. The first-order valence-corrected chi connectivity index (χ1v) is 7.38. The van der Waals surface area contributed by atoms with E-state index in [1.165, 1.54) is 0 Å². The Hall–Kier alpha value is -2.48. The number of carbonyl (C=O) groups is 2. The van der Waals surface area contributed by atoms with E-state index in [9.17, 15) is 9.59 Å². The highest BCUT2D eigenvalue weighted by molar-refractivity contribution is 5.93. The smallest absolute Gasteiger partial charge is 0.410 e. The van der Waals surface area contributed by atoms with Crippen LogP contribution in [-0.4, -0.2) is 48.0 Å². The van der Waals surface area contributed by atoms with Crippen molar-refractivity contribution >= 4 is 12.0 Å². The molecule has 0 aliphatic carbocycles. The Morgan fingerprint density at radius 3 is 2.27 bits per heavy atom. The second-order valence-corrected chi connectivity index (χ2v) is 5.82. The van der Waals surface area contributed by atoms with Gasteiger partial charge in [0.15, 0.2) is 0 Å². The van der Waals surface area contributed by atoms with E-state index < -0.39 is 0 Å². The van der Waals surface area contributed by atoms with Crippen LogP contribution in [0.3, 0.4) is 0 Å². The molecule has 0 unspecified atom stereocenters. The minimum Gasteiger partial charge on any atom is -0.445 e. The van der Waals surface area contributed by atoms with E-state index in [4.69, 9.17) is 11.2 Å². The van der Waals surface area contributed by atoms with Crippen molar-refractivity contribution in [1.82, 2.24) is 9.80 Å². The fourth-order valence-electron chi connectivity index (χ4n) is 3.21. The number of benzene rings is 1. The van der Waals surface area contributed by atoms with E-state index in [-0.39, 0.29) is 18.6 Å². The van der Waals surface area contributed by atoms with Gasteiger partial charge in [-0.05, 0) is 11.5 Å². The predicted molar refractivity (Wildman–Crippen MR) is 80.6 cm³/mol. The third kappa shape index (κ3) is 2.91. The fourth-order valence-corrected chi connectivity index (χ4v) is 3.21. The highest BCUT2D eigenvalue weighted by atomic mass is 16.6. The molecule has 2 atom stereocenters. The Balaban J connectivity index is 1.49. The molecule has 2 aliphatic heterocycles. The van der Waals surface area contributed by atoms with Gasteiger partial charge in [0.05, 0.1) is 0 Å². The zero-order chi connectivity index (χ0) is 15.5. The molecule has 0 bridgehead atoms. The molecule has 2 saturated heterocycles. The highest BCUT2D eigenvalue weighted by Crippen LogP contribution is 2.31. The highest BCUT2D eigenvalue weighted by Gasteiger charge is 2.43. The van der Waals surface area contributed by atoms with Gasteiger partial charge in [-0.1, -0.05) is 30.3 Å². The zero-order valence-corrected chi connectivity index (χ0v) is 12.3. The Morgan fingerprint density at radius 2 is 1.68 bits per heavy atom. The van der Waals surface area contributed by atoms with Crippen LogP contribution in [-0.2, 0) is 16.1 Å². The minimum absolute atomic E-state index is 0.257. The third-order valence-electron chi connectivity index (χ3n) is 4.36. The van der Waals surface area contributed by atoms with Crippen molar-refractivity contribution < 1.29 is 14.3 Å². The van der Waals surface area contributed by atoms with Gasteiger partial charge in [0.2, 0.25) is 0 Å². The molecule has 5 heteroatoms. The maximum absolute atomic E-state index is 12.1. The monoisotopic (exact) mass is 298 g/mol. The lowest BCUT2D eigenvalue weighted by Gasteiger charge is -2.20. The van der Waals surface area contributed by atoms with Crippen LogP contribution in [0.1, 0.15) is 5.56 Å². The van der Waals surface area contributed by atoms with Gasteiger partial charge in [-0.3, -0.25) is 4.79 Å². The summed E-state index contributed by atoms with van der Waals surface area (Å²) in [6.45, 7) is 2.82. The SMILES string of the molecule is C#CC(=O)N1C[C@@H]2CN(C(=O)OCc3ccccc3)C[C@@H]2C1. The second kappa shape index (κ2) is 6.10. The molecule has 0 spiro atoms. The first kappa shape index (κ1) is 14.5. The number of terminal acetylenes is 1. The maximum atomic E-state index is 12.1.